The summed E-state index contributed by atoms with van der Waals surface area (Å²) in [5.41, 5.74) is 2.08. The summed E-state index contributed by atoms with van der Waals surface area (Å²) in [7, 11) is 3.65. The first-order chi connectivity index (χ1) is 14.0. The predicted octanol–water partition coefficient (Wildman–Crippen LogP) is 3.45. The van der Waals surface area contributed by atoms with Crippen molar-refractivity contribution in [3.8, 4) is 0 Å². The monoisotopic (exact) mass is 415 g/mol. The molecule has 4 heterocycles. The van der Waals surface area contributed by atoms with E-state index in [-0.39, 0.29) is 5.91 Å². The van der Waals surface area contributed by atoms with Crippen LogP contribution in [0.4, 0.5) is 0 Å². The van der Waals surface area contributed by atoms with Crippen LogP contribution in [0.5, 0.6) is 0 Å². The highest BCUT2D eigenvalue weighted by Crippen LogP contribution is 2.40. The van der Waals surface area contributed by atoms with Crippen LogP contribution in [0, 0.1) is 0 Å². The molecule has 2 aliphatic rings. The molecular formula is C22H33N5OS. The maximum Gasteiger partial charge on any atom is 0.263 e. The maximum atomic E-state index is 12.8. The quantitative estimate of drug-likeness (QED) is 0.766. The van der Waals surface area contributed by atoms with Crippen molar-refractivity contribution in [3.63, 3.8) is 0 Å². The lowest BCUT2D eigenvalue weighted by Gasteiger charge is -2.42. The summed E-state index contributed by atoms with van der Waals surface area (Å²) in [5.74, 6) is 0.472. The summed E-state index contributed by atoms with van der Waals surface area (Å²) < 4.78 is 0. The zero-order valence-corrected chi connectivity index (χ0v) is 18.9. The Labute approximate surface area is 177 Å². The van der Waals surface area contributed by atoms with Gasteiger partial charge in [0.15, 0.2) is 0 Å². The first-order valence-electron chi connectivity index (χ1n) is 10.9. The number of nitrogens with zero attached hydrogens (tertiary/aromatic N) is 5. The van der Waals surface area contributed by atoms with Crippen LogP contribution in [0.3, 0.4) is 0 Å². The van der Waals surface area contributed by atoms with Crippen molar-refractivity contribution in [2.24, 2.45) is 0 Å². The van der Waals surface area contributed by atoms with Gasteiger partial charge in [0.1, 0.15) is 10.3 Å². The molecule has 0 aliphatic carbocycles. The van der Waals surface area contributed by atoms with Gasteiger partial charge in [0.05, 0.1) is 4.88 Å². The van der Waals surface area contributed by atoms with E-state index in [9.17, 15) is 4.79 Å². The van der Waals surface area contributed by atoms with Crippen LogP contribution in [-0.4, -0.2) is 82.9 Å². The molecule has 2 fully saturated rings. The van der Waals surface area contributed by atoms with Crippen molar-refractivity contribution in [1.82, 2.24) is 24.7 Å². The number of carbonyl (C=O) groups excluding carboxylic acids is 1. The minimum Gasteiger partial charge on any atom is -0.344 e. The fraction of sp³-hybridized carbons (Fsp3) is 0.682. The van der Waals surface area contributed by atoms with Gasteiger partial charge in [-0.3, -0.25) is 9.78 Å². The highest BCUT2D eigenvalue weighted by Gasteiger charge is 2.33. The lowest BCUT2D eigenvalue weighted by molar-refractivity contribution is 0.0748. The Bertz CT molecular complexity index is 848. The first kappa shape index (κ1) is 20.7. The van der Waals surface area contributed by atoms with E-state index in [1.54, 1.807) is 17.3 Å². The second kappa shape index (κ2) is 8.66. The van der Waals surface area contributed by atoms with Gasteiger partial charge in [-0.25, -0.2) is 4.98 Å². The molecule has 0 spiro atoms. The van der Waals surface area contributed by atoms with Gasteiger partial charge in [-0.15, -0.1) is 11.3 Å². The third-order valence-corrected chi connectivity index (χ3v) is 7.74. The summed E-state index contributed by atoms with van der Waals surface area (Å²) in [4.78, 5) is 30.6. The second-order valence-corrected chi connectivity index (χ2v) is 9.92. The van der Waals surface area contributed by atoms with Crippen molar-refractivity contribution in [3.05, 3.63) is 22.8 Å². The van der Waals surface area contributed by atoms with Crippen molar-refractivity contribution < 1.29 is 4.79 Å². The van der Waals surface area contributed by atoms with Crippen LogP contribution in [0.15, 0.2) is 12.4 Å². The molecule has 0 radical (unpaired) electrons. The van der Waals surface area contributed by atoms with Gasteiger partial charge in [-0.1, -0.05) is 0 Å². The van der Waals surface area contributed by atoms with Crippen LogP contribution < -0.4 is 0 Å². The zero-order chi connectivity index (χ0) is 20.5. The molecule has 0 bridgehead atoms. The highest BCUT2D eigenvalue weighted by atomic mass is 32.1. The van der Waals surface area contributed by atoms with E-state index in [1.807, 2.05) is 14.1 Å². The molecule has 4 rings (SSSR count). The molecule has 0 unspecified atom stereocenters. The third-order valence-electron chi connectivity index (χ3n) is 6.65. The molecule has 2 aromatic heterocycles. The van der Waals surface area contributed by atoms with Crippen molar-refractivity contribution in [1.29, 1.82) is 0 Å². The molecule has 2 aliphatic heterocycles. The SMILES string of the molecule is CC(C)N1CCC(N2CCC(c3c(C(=O)N(C)C)sc4nccnc34)CC2)CC1. The smallest absolute Gasteiger partial charge is 0.263 e. The van der Waals surface area contributed by atoms with Gasteiger partial charge in [-0.2, -0.15) is 0 Å². The molecule has 29 heavy (non-hydrogen) atoms. The number of thiophene rings is 1. The van der Waals surface area contributed by atoms with Gasteiger partial charge in [-0.05, 0) is 71.6 Å². The van der Waals surface area contributed by atoms with Crippen molar-refractivity contribution in [2.45, 2.75) is 57.5 Å². The van der Waals surface area contributed by atoms with E-state index >= 15 is 0 Å². The average molecular weight is 416 g/mol. The number of piperidine rings is 2. The minimum atomic E-state index is 0.0771. The second-order valence-electron chi connectivity index (χ2n) is 8.93. The van der Waals surface area contributed by atoms with E-state index < -0.39 is 0 Å². The number of carbonyl (C=O) groups is 1. The Morgan fingerprint density at radius 3 is 2.34 bits per heavy atom. The number of rotatable bonds is 4. The average Bonchev–Trinajstić information content (AvgIpc) is 3.12. The summed E-state index contributed by atoms with van der Waals surface area (Å²) in [6, 6.07) is 1.37. The Kier molecular flexibility index (Phi) is 6.18. The molecule has 6 nitrogen and oxygen atoms in total. The maximum absolute atomic E-state index is 12.8. The summed E-state index contributed by atoms with van der Waals surface area (Å²) >= 11 is 1.50. The number of fused-ring (bicyclic) bond motifs is 1. The summed E-state index contributed by atoms with van der Waals surface area (Å²) in [6.07, 6.45) is 8.22. The standard InChI is InChI=1S/C22H33N5OS/c1-15(2)26-13-7-17(8-14-26)27-11-5-16(6-12-27)18-19-21(24-10-9-23-19)29-20(18)22(28)25(3)4/h9-10,15-17H,5-8,11-14H2,1-4H3. The van der Waals surface area contributed by atoms with Gasteiger partial charge >= 0.3 is 0 Å². The predicted molar refractivity (Wildman–Crippen MR) is 119 cm³/mol. The Balaban J connectivity index is 1.48. The van der Waals surface area contributed by atoms with Gasteiger partial charge in [0.25, 0.3) is 5.91 Å². The number of amides is 1. The van der Waals surface area contributed by atoms with E-state index in [0.29, 0.717) is 18.0 Å². The molecular weight excluding hydrogens is 382 g/mol. The normalized spacial score (nSPS) is 20.6. The topological polar surface area (TPSA) is 52.6 Å². The molecule has 0 atom stereocenters. The number of likely N-dealkylation sites (tertiary alicyclic amines) is 2. The third kappa shape index (κ3) is 4.18. The lowest BCUT2D eigenvalue weighted by atomic mass is 9.87. The van der Waals surface area contributed by atoms with Gasteiger partial charge in [0.2, 0.25) is 0 Å². The number of hydrogen-bond donors (Lipinski definition) is 0. The fourth-order valence-electron chi connectivity index (χ4n) is 4.91. The van der Waals surface area contributed by atoms with Crippen LogP contribution in [0.25, 0.3) is 10.3 Å². The largest absolute Gasteiger partial charge is 0.344 e. The minimum absolute atomic E-state index is 0.0771. The van der Waals surface area contributed by atoms with Gasteiger partial charge < -0.3 is 14.7 Å². The Morgan fingerprint density at radius 2 is 1.72 bits per heavy atom. The Morgan fingerprint density at radius 1 is 1.07 bits per heavy atom. The molecule has 1 amide bonds. The van der Waals surface area contributed by atoms with Crippen LogP contribution in [-0.2, 0) is 0 Å². The molecule has 2 aromatic rings. The molecule has 2 saturated heterocycles. The van der Waals surface area contributed by atoms with Crippen molar-refractivity contribution in [2.75, 3.05) is 40.3 Å². The van der Waals surface area contributed by atoms with Crippen molar-refractivity contribution >= 4 is 27.6 Å². The number of aromatic nitrogens is 2. The molecule has 0 N–H and O–H groups in total. The van der Waals surface area contributed by atoms with E-state index in [0.717, 1.165) is 46.7 Å². The molecule has 7 heteroatoms. The van der Waals surface area contributed by atoms with Crippen LogP contribution in [0.1, 0.15) is 60.7 Å². The fourth-order valence-corrected chi connectivity index (χ4v) is 6.11. The summed E-state index contributed by atoms with van der Waals surface area (Å²) in [5, 5.41) is 0. The van der Waals surface area contributed by atoms with Crippen LogP contribution >= 0.6 is 11.3 Å². The number of hydrogen-bond acceptors (Lipinski definition) is 6. The molecule has 158 valence electrons. The van der Waals surface area contributed by atoms with Crippen LogP contribution in [0.2, 0.25) is 0 Å². The molecule has 0 saturated carbocycles. The van der Waals surface area contributed by atoms with E-state index in [2.05, 4.69) is 33.6 Å². The zero-order valence-electron chi connectivity index (χ0n) is 18.1. The highest BCUT2D eigenvalue weighted by molar-refractivity contribution is 7.20. The Hall–Kier alpha value is -1.57. The summed E-state index contributed by atoms with van der Waals surface area (Å²) in [6.45, 7) is 9.26. The lowest BCUT2D eigenvalue weighted by Crippen LogP contribution is -2.48. The van der Waals surface area contributed by atoms with Gasteiger partial charge in [0, 0.05) is 44.1 Å². The molecule has 0 aromatic carbocycles. The first-order valence-corrected chi connectivity index (χ1v) is 11.7. The van der Waals surface area contributed by atoms with E-state index in [4.69, 9.17) is 0 Å². The van der Waals surface area contributed by atoms with E-state index in [1.165, 1.54) is 37.3 Å².